The van der Waals surface area contributed by atoms with Crippen molar-refractivity contribution in [3.8, 4) is 0 Å². The number of hydrogen-bond acceptors (Lipinski definition) is 4. The van der Waals surface area contributed by atoms with Crippen LogP contribution in [0, 0.1) is 0 Å². The van der Waals surface area contributed by atoms with Crippen molar-refractivity contribution in [3.05, 3.63) is 22.8 Å². The van der Waals surface area contributed by atoms with Crippen LogP contribution in [-0.2, 0) is 4.74 Å². The van der Waals surface area contributed by atoms with Crippen molar-refractivity contribution in [2.45, 2.75) is 31.3 Å². The molecule has 0 aromatic carbocycles. The number of fused-ring (bicyclic) bond motifs is 2. The Hall–Kier alpha value is -1.33. The van der Waals surface area contributed by atoms with Crippen LogP contribution in [0.3, 0.4) is 0 Å². The summed E-state index contributed by atoms with van der Waals surface area (Å²) in [6.45, 7) is 3.29. The Kier molecular flexibility index (Phi) is 3.27. The number of nitrogens with zero attached hydrogens (tertiary/aromatic N) is 3. The van der Waals surface area contributed by atoms with E-state index in [-0.39, 0.29) is 18.0 Å². The summed E-state index contributed by atoms with van der Waals surface area (Å²) < 4.78 is 5.44. The third-order valence-corrected chi connectivity index (χ3v) is 4.84. The molecule has 1 aromatic heterocycles. The van der Waals surface area contributed by atoms with E-state index in [1.54, 1.807) is 6.07 Å². The van der Waals surface area contributed by atoms with E-state index < -0.39 is 0 Å². The monoisotopic (exact) mass is 307 g/mol. The Morgan fingerprint density at radius 3 is 2.62 bits per heavy atom. The van der Waals surface area contributed by atoms with Gasteiger partial charge in [0.25, 0.3) is 5.91 Å². The fourth-order valence-corrected chi connectivity index (χ4v) is 3.74. The van der Waals surface area contributed by atoms with E-state index in [2.05, 4.69) is 9.88 Å². The normalized spacial score (nSPS) is 27.7. The quantitative estimate of drug-likeness (QED) is 0.784. The van der Waals surface area contributed by atoms with Crippen molar-refractivity contribution in [2.24, 2.45) is 0 Å². The van der Waals surface area contributed by atoms with Crippen LogP contribution in [0.1, 0.15) is 29.6 Å². The zero-order valence-electron chi connectivity index (χ0n) is 11.8. The molecule has 3 fully saturated rings. The van der Waals surface area contributed by atoms with Crippen LogP contribution in [0.4, 0.5) is 5.82 Å². The number of hydrogen-bond donors (Lipinski definition) is 0. The van der Waals surface area contributed by atoms with Gasteiger partial charge < -0.3 is 14.5 Å². The zero-order chi connectivity index (χ0) is 14.4. The van der Waals surface area contributed by atoms with Gasteiger partial charge in [-0.15, -0.1) is 0 Å². The van der Waals surface area contributed by atoms with Crippen molar-refractivity contribution < 1.29 is 9.53 Å². The molecule has 0 N–H and O–H groups in total. The highest BCUT2D eigenvalue weighted by atomic mass is 35.5. The lowest BCUT2D eigenvalue weighted by Gasteiger charge is -2.52. The number of morpholine rings is 1. The molecule has 4 rings (SSSR count). The number of halogens is 1. The summed E-state index contributed by atoms with van der Waals surface area (Å²) in [5.74, 6) is 0.884. The molecule has 3 aliphatic heterocycles. The highest BCUT2D eigenvalue weighted by molar-refractivity contribution is 6.30. The molecular weight excluding hydrogens is 290 g/mol. The van der Waals surface area contributed by atoms with Crippen molar-refractivity contribution in [1.29, 1.82) is 0 Å². The van der Waals surface area contributed by atoms with Crippen LogP contribution in [0.15, 0.2) is 12.1 Å². The van der Waals surface area contributed by atoms with Gasteiger partial charge in [-0.05, 0) is 31.4 Å². The largest absolute Gasteiger partial charge is 0.377 e. The van der Waals surface area contributed by atoms with Crippen molar-refractivity contribution >= 4 is 23.3 Å². The summed E-state index contributed by atoms with van der Waals surface area (Å²) in [7, 11) is 0. The summed E-state index contributed by atoms with van der Waals surface area (Å²) in [5.41, 5.74) is 0.647. The summed E-state index contributed by atoms with van der Waals surface area (Å²) in [6, 6.07) is 4.03. The van der Waals surface area contributed by atoms with Gasteiger partial charge >= 0.3 is 0 Å². The summed E-state index contributed by atoms with van der Waals surface area (Å²) in [6.07, 6.45) is 3.40. The molecule has 0 aliphatic carbocycles. The van der Waals surface area contributed by atoms with Crippen molar-refractivity contribution in [3.63, 3.8) is 0 Å². The zero-order valence-corrected chi connectivity index (χ0v) is 12.6. The average molecular weight is 308 g/mol. The van der Waals surface area contributed by atoms with Crippen molar-refractivity contribution in [1.82, 2.24) is 9.88 Å². The first-order chi connectivity index (χ1) is 10.2. The molecule has 21 heavy (non-hydrogen) atoms. The highest BCUT2D eigenvalue weighted by Gasteiger charge is 2.45. The topological polar surface area (TPSA) is 45.7 Å². The molecule has 3 saturated heterocycles. The Balaban J connectivity index is 1.60. The van der Waals surface area contributed by atoms with Gasteiger partial charge in [-0.2, -0.15) is 0 Å². The second-order valence-electron chi connectivity index (χ2n) is 6.02. The molecule has 0 radical (unpaired) electrons. The van der Waals surface area contributed by atoms with Crippen LogP contribution in [-0.4, -0.2) is 54.2 Å². The summed E-state index contributed by atoms with van der Waals surface area (Å²) in [5, 5.41) is 0.393. The Labute approximate surface area is 128 Å². The van der Waals surface area contributed by atoms with Gasteiger partial charge in [0.2, 0.25) is 0 Å². The minimum Gasteiger partial charge on any atom is -0.377 e. The van der Waals surface area contributed by atoms with E-state index in [9.17, 15) is 4.79 Å². The first-order valence-corrected chi connectivity index (χ1v) is 7.93. The Bertz CT molecular complexity index is 560. The molecule has 0 spiro atoms. The average Bonchev–Trinajstić information content (AvgIpc) is 3.01. The number of amides is 1. The van der Waals surface area contributed by atoms with Gasteiger partial charge in [0.05, 0.1) is 25.3 Å². The molecule has 5 nitrogen and oxygen atoms in total. The number of ether oxygens (including phenoxy) is 1. The SMILES string of the molecule is O=C(c1cc(Cl)nc(N2CCCC2)c1)N1[C@H]2COC[C@H]1C2. The first kappa shape index (κ1) is 13.3. The second kappa shape index (κ2) is 5.14. The van der Waals surface area contributed by atoms with Gasteiger partial charge in [-0.1, -0.05) is 11.6 Å². The van der Waals surface area contributed by atoms with E-state index in [1.807, 2.05) is 11.0 Å². The second-order valence-corrected chi connectivity index (χ2v) is 6.41. The Morgan fingerprint density at radius 1 is 1.24 bits per heavy atom. The smallest absolute Gasteiger partial charge is 0.254 e. The van der Waals surface area contributed by atoms with E-state index in [1.165, 1.54) is 12.8 Å². The number of anilines is 1. The standard InChI is InChI=1S/C15H18ClN3O2/c16-13-5-10(6-14(17-13)18-3-1-2-4-18)15(20)19-11-7-12(19)9-21-8-11/h5-6,11-12H,1-4,7-9H2/t11-,12-/m1/s1. The maximum Gasteiger partial charge on any atom is 0.254 e. The third-order valence-electron chi connectivity index (χ3n) is 4.64. The number of aromatic nitrogens is 1. The summed E-state index contributed by atoms with van der Waals surface area (Å²) >= 11 is 6.13. The van der Waals surface area contributed by atoms with Crippen LogP contribution < -0.4 is 4.90 Å². The molecule has 112 valence electrons. The molecule has 1 aromatic rings. The van der Waals surface area contributed by atoms with Gasteiger partial charge in [0.15, 0.2) is 0 Å². The minimum atomic E-state index is 0.0595. The van der Waals surface area contributed by atoms with Gasteiger partial charge in [0, 0.05) is 18.7 Å². The van der Waals surface area contributed by atoms with Crippen molar-refractivity contribution in [2.75, 3.05) is 31.2 Å². The molecule has 1 amide bonds. The molecule has 6 heteroatoms. The number of carbonyl (C=O) groups excluding carboxylic acids is 1. The van der Waals surface area contributed by atoms with Crippen LogP contribution >= 0.6 is 11.6 Å². The molecule has 4 heterocycles. The van der Waals surface area contributed by atoms with E-state index in [4.69, 9.17) is 16.3 Å². The third kappa shape index (κ3) is 2.28. The van der Waals surface area contributed by atoms with Crippen LogP contribution in [0.5, 0.6) is 0 Å². The predicted octanol–water partition coefficient (Wildman–Crippen LogP) is 1.95. The first-order valence-electron chi connectivity index (χ1n) is 7.55. The molecule has 2 bridgehead atoms. The number of pyridine rings is 1. The predicted molar refractivity (Wildman–Crippen MR) is 79.9 cm³/mol. The molecule has 0 saturated carbocycles. The van der Waals surface area contributed by atoms with E-state index in [0.29, 0.717) is 23.9 Å². The summed E-state index contributed by atoms with van der Waals surface area (Å²) in [4.78, 5) is 21.2. The van der Waals surface area contributed by atoms with Crippen LogP contribution in [0.2, 0.25) is 5.15 Å². The number of rotatable bonds is 2. The fraction of sp³-hybridized carbons (Fsp3) is 0.600. The lowest BCUT2D eigenvalue weighted by Crippen LogP contribution is -2.65. The lowest BCUT2D eigenvalue weighted by atomic mass is 9.90. The molecular formula is C15H18ClN3O2. The minimum absolute atomic E-state index is 0.0595. The van der Waals surface area contributed by atoms with Gasteiger partial charge in [0.1, 0.15) is 11.0 Å². The highest BCUT2D eigenvalue weighted by Crippen LogP contribution is 2.33. The maximum absolute atomic E-state index is 12.7. The molecule has 2 atom stereocenters. The Morgan fingerprint density at radius 2 is 1.95 bits per heavy atom. The van der Waals surface area contributed by atoms with E-state index in [0.717, 1.165) is 25.3 Å². The van der Waals surface area contributed by atoms with Gasteiger partial charge in [-0.3, -0.25) is 4.79 Å². The number of carbonyl (C=O) groups is 1. The fourth-order valence-electron chi connectivity index (χ4n) is 3.53. The van der Waals surface area contributed by atoms with Gasteiger partial charge in [-0.25, -0.2) is 4.98 Å². The molecule has 0 unspecified atom stereocenters. The lowest BCUT2D eigenvalue weighted by molar-refractivity contribution is -0.104. The molecule has 3 aliphatic rings. The maximum atomic E-state index is 12.7. The van der Waals surface area contributed by atoms with Crippen LogP contribution in [0.25, 0.3) is 0 Å². The van der Waals surface area contributed by atoms with E-state index >= 15 is 0 Å².